The number of hydrogen-bond acceptors (Lipinski definition) is 3. The van der Waals surface area contributed by atoms with E-state index in [0.717, 1.165) is 6.42 Å². The summed E-state index contributed by atoms with van der Waals surface area (Å²) in [6, 6.07) is 0. The monoisotopic (exact) mass is 236 g/mol. The Labute approximate surface area is 93.9 Å². The Morgan fingerprint density at radius 3 is 2.13 bits per heavy atom. The second-order valence-electron chi connectivity index (χ2n) is 4.06. The summed E-state index contributed by atoms with van der Waals surface area (Å²) in [5, 5.41) is -0.485. The van der Waals surface area contributed by atoms with E-state index >= 15 is 0 Å². The van der Waals surface area contributed by atoms with E-state index in [9.17, 15) is 8.42 Å². The number of rotatable bonds is 7. The molecule has 0 radical (unpaired) electrons. The van der Waals surface area contributed by atoms with Gasteiger partial charge in [0.1, 0.15) is 0 Å². The van der Waals surface area contributed by atoms with Gasteiger partial charge in [0.15, 0.2) is 0 Å². The lowest BCUT2D eigenvalue weighted by Crippen LogP contribution is -2.42. The summed E-state index contributed by atoms with van der Waals surface area (Å²) in [6.45, 7) is 8.95. The van der Waals surface area contributed by atoms with E-state index in [0.29, 0.717) is 19.0 Å². The molecule has 0 saturated heterocycles. The summed E-state index contributed by atoms with van der Waals surface area (Å²) in [5.74, 6) is 0.393. The van der Waals surface area contributed by atoms with Crippen LogP contribution in [0.5, 0.6) is 0 Å². The number of nitrogens with two attached hydrogens (primary N) is 1. The molecular formula is C10H24N2O2S. The molecule has 15 heavy (non-hydrogen) atoms. The van der Waals surface area contributed by atoms with Crippen molar-refractivity contribution in [3.8, 4) is 0 Å². The van der Waals surface area contributed by atoms with Gasteiger partial charge in [-0.15, -0.1) is 0 Å². The first-order valence-corrected chi connectivity index (χ1v) is 7.09. The third kappa shape index (κ3) is 4.09. The zero-order chi connectivity index (χ0) is 12.1. The second kappa shape index (κ2) is 6.45. The number of sulfonamides is 1. The van der Waals surface area contributed by atoms with Crippen molar-refractivity contribution in [1.29, 1.82) is 0 Å². The van der Waals surface area contributed by atoms with Crippen LogP contribution >= 0.6 is 0 Å². The van der Waals surface area contributed by atoms with Crippen molar-refractivity contribution in [2.45, 2.75) is 39.4 Å². The van der Waals surface area contributed by atoms with Crippen LogP contribution in [0.4, 0.5) is 0 Å². The van der Waals surface area contributed by atoms with Crippen LogP contribution in [-0.4, -0.2) is 37.6 Å². The van der Waals surface area contributed by atoms with E-state index < -0.39 is 15.3 Å². The average Bonchev–Trinajstić information content (AvgIpc) is 2.23. The zero-order valence-electron chi connectivity index (χ0n) is 10.2. The topological polar surface area (TPSA) is 63.4 Å². The predicted molar refractivity (Wildman–Crippen MR) is 64.1 cm³/mol. The highest BCUT2D eigenvalue weighted by atomic mass is 32.2. The van der Waals surface area contributed by atoms with Crippen molar-refractivity contribution in [2.24, 2.45) is 11.7 Å². The molecule has 0 fully saturated rings. The Kier molecular flexibility index (Phi) is 6.40. The minimum atomic E-state index is -3.20. The van der Waals surface area contributed by atoms with Crippen LogP contribution in [0.25, 0.3) is 0 Å². The summed E-state index contributed by atoms with van der Waals surface area (Å²) in [7, 11) is -3.20. The fourth-order valence-electron chi connectivity index (χ4n) is 1.27. The molecule has 0 aliphatic rings. The SMILES string of the molecule is CCC(C)CN(CC)S(=O)(=O)C(C)CN. The van der Waals surface area contributed by atoms with Gasteiger partial charge in [0.05, 0.1) is 5.25 Å². The highest BCUT2D eigenvalue weighted by Gasteiger charge is 2.27. The standard InChI is InChI=1S/C10H24N2O2S/c1-5-9(3)8-12(6-2)15(13,14)10(4)7-11/h9-10H,5-8,11H2,1-4H3. The zero-order valence-corrected chi connectivity index (χ0v) is 11.0. The maximum Gasteiger partial charge on any atom is 0.217 e. The fraction of sp³-hybridized carbons (Fsp3) is 1.00. The van der Waals surface area contributed by atoms with Crippen LogP contribution in [0.2, 0.25) is 0 Å². The van der Waals surface area contributed by atoms with Gasteiger partial charge in [-0.2, -0.15) is 0 Å². The molecule has 0 saturated carbocycles. The van der Waals surface area contributed by atoms with Crippen LogP contribution in [0.15, 0.2) is 0 Å². The molecular weight excluding hydrogens is 212 g/mol. The summed E-state index contributed by atoms with van der Waals surface area (Å²) >= 11 is 0. The fourth-order valence-corrected chi connectivity index (χ4v) is 2.84. The first-order chi connectivity index (χ1) is 6.89. The largest absolute Gasteiger partial charge is 0.329 e. The van der Waals surface area contributed by atoms with Crippen molar-refractivity contribution >= 4 is 10.0 Å². The molecule has 0 heterocycles. The van der Waals surface area contributed by atoms with Gasteiger partial charge in [-0.05, 0) is 12.8 Å². The van der Waals surface area contributed by atoms with Crippen molar-refractivity contribution in [3.63, 3.8) is 0 Å². The third-order valence-corrected chi connectivity index (χ3v) is 5.10. The van der Waals surface area contributed by atoms with Crippen molar-refractivity contribution in [2.75, 3.05) is 19.6 Å². The number of hydrogen-bond donors (Lipinski definition) is 1. The molecule has 0 aliphatic heterocycles. The van der Waals surface area contributed by atoms with Crippen molar-refractivity contribution < 1.29 is 8.42 Å². The van der Waals surface area contributed by atoms with Crippen molar-refractivity contribution in [1.82, 2.24) is 4.31 Å². The predicted octanol–water partition coefficient (Wildman–Crippen LogP) is 1.03. The first-order valence-electron chi connectivity index (χ1n) is 5.59. The van der Waals surface area contributed by atoms with Gasteiger partial charge in [0.25, 0.3) is 0 Å². The van der Waals surface area contributed by atoms with Crippen LogP contribution in [0, 0.1) is 5.92 Å². The molecule has 4 nitrogen and oxygen atoms in total. The maximum atomic E-state index is 12.0. The first kappa shape index (κ1) is 14.9. The molecule has 0 aromatic heterocycles. The molecule has 2 N–H and O–H groups in total. The van der Waals surface area contributed by atoms with Gasteiger partial charge in [-0.1, -0.05) is 27.2 Å². The lowest BCUT2D eigenvalue weighted by atomic mass is 10.1. The summed E-state index contributed by atoms with van der Waals surface area (Å²) < 4.78 is 25.5. The van der Waals surface area contributed by atoms with E-state index in [-0.39, 0.29) is 6.54 Å². The molecule has 2 atom stereocenters. The molecule has 92 valence electrons. The molecule has 0 bridgehead atoms. The van der Waals surface area contributed by atoms with E-state index in [1.54, 1.807) is 11.2 Å². The van der Waals surface area contributed by atoms with Crippen LogP contribution in [-0.2, 0) is 10.0 Å². The van der Waals surface area contributed by atoms with Crippen LogP contribution in [0.3, 0.4) is 0 Å². The molecule has 0 aromatic rings. The Morgan fingerprint density at radius 2 is 1.80 bits per heavy atom. The average molecular weight is 236 g/mol. The Morgan fingerprint density at radius 1 is 1.27 bits per heavy atom. The minimum absolute atomic E-state index is 0.180. The molecule has 0 amide bonds. The summed E-state index contributed by atoms with van der Waals surface area (Å²) in [4.78, 5) is 0. The normalized spacial score (nSPS) is 16.7. The molecule has 2 unspecified atom stereocenters. The molecule has 0 aromatic carbocycles. The van der Waals surface area contributed by atoms with E-state index in [4.69, 9.17) is 5.73 Å². The van der Waals surface area contributed by atoms with Gasteiger partial charge in [0.2, 0.25) is 10.0 Å². The lowest BCUT2D eigenvalue weighted by Gasteiger charge is -2.26. The van der Waals surface area contributed by atoms with Gasteiger partial charge >= 0.3 is 0 Å². The van der Waals surface area contributed by atoms with Crippen LogP contribution in [0.1, 0.15) is 34.1 Å². The highest BCUT2D eigenvalue weighted by Crippen LogP contribution is 2.12. The smallest absolute Gasteiger partial charge is 0.217 e. The third-order valence-electron chi connectivity index (χ3n) is 2.77. The van der Waals surface area contributed by atoms with Gasteiger partial charge in [-0.25, -0.2) is 12.7 Å². The van der Waals surface area contributed by atoms with Crippen molar-refractivity contribution in [3.05, 3.63) is 0 Å². The van der Waals surface area contributed by atoms with E-state index in [1.165, 1.54) is 0 Å². The summed E-state index contributed by atoms with van der Waals surface area (Å²) in [6.07, 6.45) is 0.989. The molecule has 5 heteroatoms. The van der Waals surface area contributed by atoms with Gasteiger partial charge < -0.3 is 5.73 Å². The molecule has 0 spiro atoms. The van der Waals surface area contributed by atoms with Crippen LogP contribution < -0.4 is 5.73 Å². The summed E-state index contributed by atoms with van der Waals surface area (Å²) in [5.41, 5.74) is 5.41. The Hall–Kier alpha value is -0.130. The van der Waals surface area contributed by atoms with E-state index in [1.807, 2.05) is 6.92 Å². The molecule has 0 aliphatic carbocycles. The van der Waals surface area contributed by atoms with Gasteiger partial charge in [-0.3, -0.25) is 0 Å². The minimum Gasteiger partial charge on any atom is -0.329 e. The highest BCUT2D eigenvalue weighted by molar-refractivity contribution is 7.89. The molecule has 0 rings (SSSR count). The number of nitrogens with zero attached hydrogens (tertiary/aromatic N) is 1. The second-order valence-corrected chi connectivity index (χ2v) is 6.41. The quantitative estimate of drug-likeness (QED) is 0.718. The van der Waals surface area contributed by atoms with Gasteiger partial charge in [0, 0.05) is 19.6 Å². The lowest BCUT2D eigenvalue weighted by molar-refractivity contribution is 0.358. The Balaban J connectivity index is 4.66. The maximum absolute atomic E-state index is 12.0. The Bertz CT molecular complexity index is 265. The van der Waals surface area contributed by atoms with E-state index in [2.05, 4.69) is 13.8 Å².